The zero-order chi connectivity index (χ0) is 10.9. The molecule has 0 aromatic carbocycles. The van der Waals surface area contributed by atoms with Gasteiger partial charge in [0.25, 0.3) is 0 Å². The predicted molar refractivity (Wildman–Crippen MR) is 75.2 cm³/mol. The molecule has 0 unspecified atom stereocenters. The van der Waals surface area contributed by atoms with Crippen molar-refractivity contribution in [2.75, 3.05) is 24.6 Å². The standard InChI is InChI=1S/C10H22N2O2S.2ClH/c11-9-1-5-12(6-2-9)10-3-7-15(13,14)8-4-10;;/h9-10,13-14H,1-8,11H2;2*1H/p-2. The maximum atomic E-state index is 11.3. The van der Waals surface area contributed by atoms with Crippen molar-refractivity contribution >= 4 is 35.4 Å². The second kappa shape index (κ2) is 7.38. The number of piperidine rings is 1. The van der Waals surface area contributed by atoms with Crippen LogP contribution in [0.15, 0.2) is 0 Å². The third kappa shape index (κ3) is 5.11. The van der Waals surface area contributed by atoms with E-state index in [4.69, 9.17) is 5.73 Å². The molecule has 0 bridgehead atoms. The highest BCUT2D eigenvalue weighted by molar-refractivity contribution is 8.24. The lowest BCUT2D eigenvalue weighted by molar-refractivity contribution is 0.141. The fourth-order valence-electron chi connectivity index (χ4n) is 2.53. The Morgan fingerprint density at radius 2 is 1.41 bits per heavy atom. The van der Waals surface area contributed by atoms with E-state index < -0.39 is 10.6 Å². The van der Waals surface area contributed by atoms with Crippen LogP contribution < -0.4 is 5.73 Å². The maximum absolute atomic E-state index is 11.3. The molecule has 2 aliphatic heterocycles. The summed E-state index contributed by atoms with van der Waals surface area (Å²) in [5.74, 6) is 0.750. The third-order valence-electron chi connectivity index (χ3n) is 3.61. The van der Waals surface area contributed by atoms with Gasteiger partial charge in [0.15, 0.2) is 0 Å². The van der Waals surface area contributed by atoms with Crippen molar-refractivity contribution in [3.05, 3.63) is 0 Å². The van der Waals surface area contributed by atoms with Crippen molar-refractivity contribution in [3.8, 4) is 0 Å². The molecule has 17 heavy (non-hydrogen) atoms. The lowest BCUT2D eigenvalue weighted by atomic mass is 10.0. The van der Waals surface area contributed by atoms with Crippen molar-refractivity contribution in [1.82, 2.24) is 4.90 Å². The summed E-state index contributed by atoms with van der Waals surface area (Å²) in [7, 11) is -2.72. The van der Waals surface area contributed by atoms with Gasteiger partial charge in [-0.2, -0.15) is 0 Å². The molecular weight excluding hydrogens is 283 g/mol. The Kier molecular flexibility index (Phi) is 7.72. The molecule has 2 heterocycles. The lowest BCUT2D eigenvalue weighted by Crippen LogP contribution is -2.47. The highest BCUT2D eigenvalue weighted by Gasteiger charge is 2.25. The highest BCUT2D eigenvalue weighted by atomic mass is 35.5. The van der Waals surface area contributed by atoms with Gasteiger partial charge in [0.1, 0.15) is 0 Å². The van der Waals surface area contributed by atoms with Crippen LogP contribution in [0, 0.1) is 0 Å². The molecule has 0 radical (unpaired) electrons. The van der Waals surface area contributed by atoms with E-state index in [2.05, 4.69) is 4.90 Å². The van der Waals surface area contributed by atoms with Gasteiger partial charge in [0.05, 0.1) is 0 Å². The Balaban J connectivity index is 0.00000128. The van der Waals surface area contributed by atoms with E-state index in [0.29, 0.717) is 23.6 Å². The van der Waals surface area contributed by atoms with Gasteiger partial charge in [0, 0.05) is 12.1 Å². The molecule has 106 valence electrons. The number of likely N-dealkylation sites (tertiary alicyclic amines) is 1. The van der Waals surface area contributed by atoms with Gasteiger partial charge in [-0.3, -0.25) is 0 Å². The summed E-state index contributed by atoms with van der Waals surface area (Å²) in [6.07, 6.45) is 3.75. The number of hydrogen-bond donors (Lipinski definition) is 1. The summed E-state index contributed by atoms with van der Waals surface area (Å²) in [4.78, 5) is 2.43. The van der Waals surface area contributed by atoms with E-state index in [1.165, 1.54) is 0 Å². The quantitative estimate of drug-likeness (QED) is 0.796. The van der Waals surface area contributed by atoms with Crippen molar-refractivity contribution in [2.45, 2.75) is 37.8 Å². The summed E-state index contributed by atoms with van der Waals surface area (Å²) in [5.41, 5.74) is 5.85. The van der Waals surface area contributed by atoms with E-state index >= 15 is 0 Å². The minimum absolute atomic E-state index is 0. The van der Waals surface area contributed by atoms with Crippen LogP contribution in [-0.4, -0.2) is 50.7 Å². The van der Waals surface area contributed by atoms with Crippen LogP contribution in [-0.2, 0) is 0 Å². The second-order valence-corrected chi connectivity index (χ2v) is 7.06. The first-order valence-electron chi connectivity index (χ1n) is 5.77. The van der Waals surface area contributed by atoms with Crippen molar-refractivity contribution in [2.24, 2.45) is 5.73 Å². The Morgan fingerprint density at radius 1 is 0.941 bits per heavy atom. The Hall–Kier alpha value is 0.770. The fraction of sp³-hybridized carbons (Fsp3) is 1.00. The third-order valence-corrected chi connectivity index (χ3v) is 5.33. The van der Waals surface area contributed by atoms with Crippen molar-refractivity contribution in [1.29, 1.82) is 0 Å². The van der Waals surface area contributed by atoms with Crippen LogP contribution >= 0.6 is 35.4 Å². The normalized spacial score (nSPS) is 28.9. The molecule has 2 N–H and O–H groups in total. The number of hydrogen-bond acceptors (Lipinski definition) is 4. The molecule has 0 spiro atoms. The summed E-state index contributed by atoms with van der Waals surface area (Å²) >= 11 is 0. The average Bonchev–Trinajstić information content (AvgIpc) is 2.20. The van der Waals surface area contributed by atoms with Crippen LogP contribution in [0.1, 0.15) is 25.7 Å². The van der Waals surface area contributed by atoms with E-state index in [9.17, 15) is 9.11 Å². The van der Waals surface area contributed by atoms with Crippen LogP contribution in [0.2, 0.25) is 0 Å². The molecule has 0 aromatic rings. The summed E-state index contributed by atoms with van der Waals surface area (Å²) in [6.45, 7) is 2.10. The molecule has 7 heteroatoms. The molecule has 0 amide bonds. The minimum Gasteiger partial charge on any atom is -0.800 e. The van der Waals surface area contributed by atoms with Crippen LogP contribution in [0.5, 0.6) is 0 Å². The fourth-order valence-corrected chi connectivity index (χ4v) is 3.99. The van der Waals surface area contributed by atoms with Gasteiger partial charge >= 0.3 is 0 Å². The largest absolute Gasteiger partial charge is 0.800 e. The Morgan fingerprint density at radius 3 is 1.88 bits per heavy atom. The van der Waals surface area contributed by atoms with E-state index in [-0.39, 0.29) is 24.8 Å². The topological polar surface area (TPSA) is 75.4 Å². The molecular formula is C10H22Cl2N2O2S-2. The van der Waals surface area contributed by atoms with Crippen LogP contribution in [0.25, 0.3) is 0 Å². The van der Waals surface area contributed by atoms with Crippen molar-refractivity contribution < 1.29 is 9.11 Å². The van der Waals surface area contributed by atoms with Gasteiger partial charge in [0.2, 0.25) is 0 Å². The molecule has 2 aliphatic rings. The van der Waals surface area contributed by atoms with E-state index in [1.807, 2.05) is 0 Å². The van der Waals surface area contributed by atoms with Crippen LogP contribution in [0.4, 0.5) is 0 Å². The summed E-state index contributed by atoms with van der Waals surface area (Å²) < 4.78 is 22.6. The number of nitrogens with zero attached hydrogens (tertiary/aromatic N) is 1. The monoisotopic (exact) mass is 304 g/mol. The molecule has 0 aromatic heterocycles. The number of rotatable bonds is 1. The molecule has 4 nitrogen and oxygen atoms in total. The van der Waals surface area contributed by atoms with Gasteiger partial charge in [-0.25, -0.2) is 0 Å². The molecule has 2 fully saturated rings. The molecule has 0 saturated carbocycles. The zero-order valence-electron chi connectivity index (χ0n) is 9.88. The van der Waals surface area contributed by atoms with Gasteiger partial charge < -0.3 is 30.3 Å². The van der Waals surface area contributed by atoms with Crippen LogP contribution in [0.3, 0.4) is 0 Å². The second-order valence-electron chi connectivity index (χ2n) is 4.76. The lowest BCUT2D eigenvalue weighted by Gasteiger charge is -2.64. The first-order valence-corrected chi connectivity index (χ1v) is 7.59. The Bertz CT molecular complexity index is 216. The van der Waals surface area contributed by atoms with Gasteiger partial charge in [-0.15, -0.1) is 24.8 Å². The summed E-state index contributed by atoms with van der Waals surface area (Å²) in [5, 5.41) is 0. The first-order chi connectivity index (χ1) is 7.07. The number of nitrogens with two attached hydrogens (primary N) is 1. The van der Waals surface area contributed by atoms with E-state index in [0.717, 1.165) is 38.8 Å². The molecule has 0 aliphatic carbocycles. The molecule has 0 atom stereocenters. The smallest absolute Gasteiger partial charge is 0.0121 e. The predicted octanol–water partition coefficient (Wildman–Crippen LogP) is 1.48. The van der Waals surface area contributed by atoms with E-state index in [1.54, 1.807) is 0 Å². The van der Waals surface area contributed by atoms with Crippen molar-refractivity contribution in [3.63, 3.8) is 0 Å². The zero-order valence-corrected chi connectivity index (χ0v) is 12.3. The first kappa shape index (κ1) is 17.8. The maximum Gasteiger partial charge on any atom is 0.0121 e. The van der Waals surface area contributed by atoms with Gasteiger partial charge in [-0.05, 0) is 50.3 Å². The highest BCUT2D eigenvalue weighted by Crippen LogP contribution is 2.44. The Labute approximate surface area is 117 Å². The number of halogens is 2. The molecule has 2 rings (SSSR count). The minimum atomic E-state index is -2.72. The SMILES string of the molecule is Cl.Cl.NC1CCN(C2CCS([O-])([O-])CC2)CC1. The number of sulfone groups is 1. The summed E-state index contributed by atoms with van der Waals surface area (Å²) in [6, 6.07) is 0.842. The van der Waals surface area contributed by atoms with Gasteiger partial charge in [-0.1, -0.05) is 0 Å². The molecule has 2 saturated heterocycles. The average molecular weight is 305 g/mol.